The van der Waals surface area contributed by atoms with Gasteiger partial charge >= 0.3 is 0 Å². The molecule has 6 nitrogen and oxygen atoms in total. The average Bonchev–Trinajstić information content (AvgIpc) is 3.05. The van der Waals surface area contributed by atoms with Crippen LogP contribution in [0.2, 0.25) is 5.02 Å². The van der Waals surface area contributed by atoms with Crippen molar-refractivity contribution in [1.29, 1.82) is 0 Å². The van der Waals surface area contributed by atoms with E-state index >= 15 is 0 Å². The van der Waals surface area contributed by atoms with Gasteiger partial charge in [-0.05, 0) is 31.5 Å². The van der Waals surface area contributed by atoms with E-state index in [0.29, 0.717) is 36.5 Å². The standard InChI is InChI=1S/C16H19ClN4O2S/c1-11-3-4-13(9-14(11)17)21-10-18-19-16(21)24-12(2)15(22)20-5-7-23-8-6-20/h3-4,9-10,12H,5-8H2,1-2H3/t12-/m1/s1. The summed E-state index contributed by atoms with van der Waals surface area (Å²) in [6.07, 6.45) is 1.63. The number of hydrogen-bond acceptors (Lipinski definition) is 5. The van der Waals surface area contributed by atoms with E-state index in [9.17, 15) is 4.79 Å². The Morgan fingerprint density at radius 1 is 1.38 bits per heavy atom. The number of nitrogens with zero attached hydrogens (tertiary/aromatic N) is 4. The molecule has 2 aromatic rings. The lowest BCUT2D eigenvalue weighted by Crippen LogP contribution is -2.44. The van der Waals surface area contributed by atoms with Gasteiger partial charge in [0.15, 0.2) is 5.16 Å². The summed E-state index contributed by atoms with van der Waals surface area (Å²) in [5, 5.41) is 9.25. The molecule has 8 heteroatoms. The third-order valence-corrected chi connectivity index (χ3v) is 5.35. The summed E-state index contributed by atoms with van der Waals surface area (Å²) < 4.78 is 7.14. The number of rotatable bonds is 4. The number of morpholine rings is 1. The molecule has 0 saturated carbocycles. The zero-order valence-electron chi connectivity index (χ0n) is 13.6. The normalized spacial score (nSPS) is 16.2. The largest absolute Gasteiger partial charge is 0.378 e. The Morgan fingerprint density at radius 2 is 2.12 bits per heavy atom. The van der Waals surface area contributed by atoms with E-state index in [4.69, 9.17) is 16.3 Å². The number of aryl methyl sites for hydroxylation is 1. The zero-order chi connectivity index (χ0) is 17.1. The van der Waals surface area contributed by atoms with Crippen LogP contribution in [0.25, 0.3) is 5.69 Å². The minimum atomic E-state index is -0.244. The summed E-state index contributed by atoms with van der Waals surface area (Å²) in [7, 11) is 0. The van der Waals surface area contributed by atoms with Gasteiger partial charge in [0.05, 0.1) is 24.2 Å². The number of hydrogen-bond donors (Lipinski definition) is 0. The molecule has 1 aromatic heterocycles. The highest BCUT2D eigenvalue weighted by atomic mass is 35.5. The smallest absolute Gasteiger partial charge is 0.236 e. The third kappa shape index (κ3) is 3.74. The van der Waals surface area contributed by atoms with E-state index in [1.165, 1.54) is 11.8 Å². The predicted octanol–water partition coefficient (Wildman–Crippen LogP) is 2.57. The Morgan fingerprint density at radius 3 is 2.83 bits per heavy atom. The number of benzene rings is 1. The van der Waals surface area contributed by atoms with Crippen molar-refractivity contribution in [1.82, 2.24) is 19.7 Å². The third-order valence-electron chi connectivity index (χ3n) is 3.90. The van der Waals surface area contributed by atoms with E-state index in [0.717, 1.165) is 11.3 Å². The Labute approximate surface area is 150 Å². The maximum Gasteiger partial charge on any atom is 0.236 e. The summed E-state index contributed by atoms with van der Waals surface area (Å²) >= 11 is 7.60. The van der Waals surface area contributed by atoms with Gasteiger partial charge in [0.1, 0.15) is 6.33 Å². The van der Waals surface area contributed by atoms with Crippen LogP contribution in [-0.4, -0.2) is 57.1 Å². The second kappa shape index (κ2) is 7.55. The Kier molecular flexibility index (Phi) is 5.43. The summed E-state index contributed by atoms with van der Waals surface area (Å²) in [6.45, 7) is 6.33. The molecule has 1 aromatic carbocycles. The van der Waals surface area contributed by atoms with Crippen LogP contribution in [0.1, 0.15) is 12.5 Å². The molecular formula is C16H19ClN4O2S. The van der Waals surface area contributed by atoms with E-state index in [2.05, 4.69) is 10.2 Å². The quantitative estimate of drug-likeness (QED) is 0.778. The maximum atomic E-state index is 12.5. The molecule has 24 heavy (non-hydrogen) atoms. The molecule has 1 atom stereocenters. The van der Waals surface area contributed by atoms with Gasteiger partial charge in [-0.3, -0.25) is 9.36 Å². The molecule has 1 aliphatic heterocycles. The van der Waals surface area contributed by atoms with Gasteiger partial charge < -0.3 is 9.64 Å². The van der Waals surface area contributed by atoms with Crippen molar-refractivity contribution in [3.63, 3.8) is 0 Å². The van der Waals surface area contributed by atoms with Crippen LogP contribution in [0.4, 0.5) is 0 Å². The van der Waals surface area contributed by atoms with Crippen LogP contribution in [-0.2, 0) is 9.53 Å². The molecule has 1 amide bonds. The fourth-order valence-electron chi connectivity index (χ4n) is 2.46. The number of thioether (sulfide) groups is 1. The maximum absolute atomic E-state index is 12.5. The lowest BCUT2D eigenvalue weighted by Gasteiger charge is -2.28. The first-order chi connectivity index (χ1) is 11.6. The molecule has 0 aliphatic carbocycles. The first-order valence-electron chi connectivity index (χ1n) is 7.76. The fraction of sp³-hybridized carbons (Fsp3) is 0.438. The van der Waals surface area contributed by atoms with E-state index in [1.54, 1.807) is 6.33 Å². The van der Waals surface area contributed by atoms with Crippen LogP contribution in [0.3, 0.4) is 0 Å². The number of amides is 1. The van der Waals surface area contributed by atoms with Gasteiger partial charge in [0, 0.05) is 18.1 Å². The van der Waals surface area contributed by atoms with E-state index in [1.807, 2.05) is 41.5 Å². The second-order valence-electron chi connectivity index (χ2n) is 5.61. The molecule has 0 bridgehead atoms. The SMILES string of the molecule is Cc1ccc(-n2cnnc2S[C@H](C)C(=O)N2CCOCC2)cc1Cl. The molecule has 1 aliphatic rings. The van der Waals surface area contributed by atoms with Gasteiger partial charge in [-0.15, -0.1) is 10.2 Å². The lowest BCUT2D eigenvalue weighted by atomic mass is 10.2. The fourth-order valence-corrected chi connectivity index (χ4v) is 3.56. The Balaban J connectivity index is 1.75. The minimum Gasteiger partial charge on any atom is -0.378 e. The van der Waals surface area contributed by atoms with Crippen molar-refractivity contribution >= 4 is 29.3 Å². The van der Waals surface area contributed by atoms with Gasteiger partial charge in [-0.1, -0.05) is 29.4 Å². The molecular weight excluding hydrogens is 348 g/mol. The van der Waals surface area contributed by atoms with Crippen LogP contribution in [0.5, 0.6) is 0 Å². The van der Waals surface area contributed by atoms with Crippen molar-refractivity contribution in [2.24, 2.45) is 0 Å². The van der Waals surface area contributed by atoms with Gasteiger partial charge in [0.2, 0.25) is 5.91 Å². The summed E-state index contributed by atoms with van der Waals surface area (Å²) in [4.78, 5) is 14.4. The van der Waals surface area contributed by atoms with Crippen molar-refractivity contribution < 1.29 is 9.53 Å². The zero-order valence-corrected chi connectivity index (χ0v) is 15.2. The predicted molar refractivity (Wildman–Crippen MR) is 93.8 cm³/mol. The van der Waals surface area contributed by atoms with Crippen LogP contribution >= 0.6 is 23.4 Å². The average molecular weight is 367 g/mol. The van der Waals surface area contributed by atoms with Crippen molar-refractivity contribution in [2.45, 2.75) is 24.3 Å². The molecule has 3 rings (SSSR count). The summed E-state index contributed by atoms with van der Waals surface area (Å²) in [5.74, 6) is 0.0970. The van der Waals surface area contributed by atoms with Crippen molar-refractivity contribution in [3.8, 4) is 5.69 Å². The lowest BCUT2D eigenvalue weighted by molar-refractivity contribution is -0.134. The van der Waals surface area contributed by atoms with Gasteiger partial charge in [-0.2, -0.15) is 0 Å². The highest BCUT2D eigenvalue weighted by Crippen LogP contribution is 2.27. The summed E-state index contributed by atoms with van der Waals surface area (Å²) in [6, 6.07) is 5.79. The molecule has 0 spiro atoms. The van der Waals surface area contributed by atoms with Crippen LogP contribution in [0, 0.1) is 6.92 Å². The Hall–Kier alpha value is -1.57. The molecule has 2 heterocycles. The number of carbonyl (C=O) groups excluding carboxylic acids is 1. The van der Waals surface area contributed by atoms with Crippen molar-refractivity contribution in [2.75, 3.05) is 26.3 Å². The first-order valence-corrected chi connectivity index (χ1v) is 9.02. The monoisotopic (exact) mass is 366 g/mol. The Bertz CT molecular complexity index is 731. The van der Waals surface area contributed by atoms with Crippen LogP contribution in [0.15, 0.2) is 29.7 Å². The topological polar surface area (TPSA) is 60.2 Å². The van der Waals surface area contributed by atoms with Gasteiger partial charge in [-0.25, -0.2) is 0 Å². The number of carbonyl (C=O) groups is 1. The van der Waals surface area contributed by atoms with E-state index < -0.39 is 0 Å². The number of ether oxygens (including phenoxy) is 1. The molecule has 0 unspecified atom stereocenters. The second-order valence-corrected chi connectivity index (χ2v) is 7.33. The van der Waals surface area contributed by atoms with Crippen molar-refractivity contribution in [3.05, 3.63) is 35.1 Å². The van der Waals surface area contributed by atoms with Gasteiger partial charge in [0.25, 0.3) is 0 Å². The number of halogens is 1. The number of aromatic nitrogens is 3. The van der Waals surface area contributed by atoms with Crippen LogP contribution < -0.4 is 0 Å². The summed E-state index contributed by atoms with van der Waals surface area (Å²) in [5.41, 5.74) is 1.89. The minimum absolute atomic E-state index is 0.0970. The first kappa shape index (κ1) is 17.3. The highest BCUT2D eigenvalue weighted by molar-refractivity contribution is 8.00. The molecule has 1 saturated heterocycles. The molecule has 0 radical (unpaired) electrons. The molecule has 1 fully saturated rings. The highest BCUT2D eigenvalue weighted by Gasteiger charge is 2.25. The van der Waals surface area contributed by atoms with E-state index in [-0.39, 0.29) is 11.2 Å². The molecule has 128 valence electrons. The molecule has 0 N–H and O–H groups in total.